The SMILES string of the molecule is CN(c1ccccc1C(=O)NCc1ccc(N2CCOCC2)cc1)S(C)(=O)=O. The number of carbonyl (C=O) groups excluding carboxylic acids is 1. The van der Waals surface area contributed by atoms with Gasteiger partial charge in [-0.1, -0.05) is 24.3 Å². The Morgan fingerprint density at radius 2 is 1.75 bits per heavy atom. The van der Waals surface area contributed by atoms with Crippen molar-refractivity contribution in [3.05, 3.63) is 59.7 Å². The molecule has 0 bridgehead atoms. The lowest BCUT2D eigenvalue weighted by Crippen LogP contribution is -2.36. The van der Waals surface area contributed by atoms with Crippen LogP contribution in [0.2, 0.25) is 0 Å². The smallest absolute Gasteiger partial charge is 0.253 e. The largest absolute Gasteiger partial charge is 0.378 e. The summed E-state index contributed by atoms with van der Waals surface area (Å²) < 4.78 is 30.1. The van der Waals surface area contributed by atoms with Gasteiger partial charge in [0.15, 0.2) is 0 Å². The average molecular weight is 404 g/mol. The normalized spacial score (nSPS) is 14.6. The maximum atomic E-state index is 12.6. The first-order valence-electron chi connectivity index (χ1n) is 9.09. The van der Waals surface area contributed by atoms with Crippen molar-refractivity contribution in [2.75, 3.05) is 48.8 Å². The van der Waals surface area contributed by atoms with Crippen LogP contribution in [-0.4, -0.2) is 53.9 Å². The summed E-state index contributed by atoms with van der Waals surface area (Å²) in [4.78, 5) is 14.9. The maximum Gasteiger partial charge on any atom is 0.253 e. The van der Waals surface area contributed by atoms with Crippen molar-refractivity contribution in [1.82, 2.24) is 5.32 Å². The zero-order chi connectivity index (χ0) is 20.1. The number of carbonyl (C=O) groups is 1. The molecule has 1 fully saturated rings. The third-order valence-corrected chi connectivity index (χ3v) is 5.94. The van der Waals surface area contributed by atoms with Crippen LogP contribution in [0.5, 0.6) is 0 Å². The number of ether oxygens (including phenoxy) is 1. The van der Waals surface area contributed by atoms with Gasteiger partial charge < -0.3 is 15.0 Å². The van der Waals surface area contributed by atoms with Crippen molar-refractivity contribution in [2.45, 2.75) is 6.54 Å². The molecule has 0 aromatic heterocycles. The van der Waals surface area contributed by atoms with Crippen LogP contribution in [0.3, 0.4) is 0 Å². The summed E-state index contributed by atoms with van der Waals surface area (Å²) in [5, 5.41) is 2.87. The molecule has 1 aliphatic heterocycles. The summed E-state index contributed by atoms with van der Waals surface area (Å²) in [6.07, 6.45) is 1.11. The minimum Gasteiger partial charge on any atom is -0.378 e. The molecule has 0 aliphatic carbocycles. The summed E-state index contributed by atoms with van der Waals surface area (Å²) in [5.74, 6) is -0.316. The van der Waals surface area contributed by atoms with E-state index in [1.54, 1.807) is 24.3 Å². The summed E-state index contributed by atoms with van der Waals surface area (Å²) >= 11 is 0. The van der Waals surface area contributed by atoms with Crippen molar-refractivity contribution in [2.24, 2.45) is 0 Å². The molecule has 0 atom stereocenters. The first kappa shape index (κ1) is 20.2. The molecule has 1 amide bonds. The second-order valence-electron chi connectivity index (χ2n) is 6.70. The third-order valence-electron chi connectivity index (χ3n) is 4.75. The van der Waals surface area contributed by atoms with Crippen LogP contribution in [0.25, 0.3) is 0 Å². The predicted molar refractivity (Wildman–Crippen MR) is 110 cm³/mol. The highest BCUT2D eigenvalue weighted by atomic mass is 32.2. The molecule has 28 heavy (non-hydrogen) atoms. The van der Waals surface area contributed by atoms with E-state index in [0.717, 1.165) is 48.1 Å². The van der Waals surface area contributed by atoms with Gasteiger partial charge in [0.25, 0.3) is 5.91 Å². The number of nitrogens with one attached hydrogen (secondary N) is 1. The summed E-state index contributed by atoms with van der Waals surface area (Å²) in [6, 6.07) is 14.7. The van der Waals surface area contributed by atoms with Gasteiger partial charge in [0.1, 0.15) is 0 Å². The van der Waals surface area contributed by atoms with Crippen LogP contribution >= 0.6 is 0 Å². The highest BCUT2D eigenvalue weighted by molar-refractivity contribution is 7.92. The zero-order valence-electron chi connectivity index (χ0n) is 16.1. The Labute approximate surface area is 166 Å². The standard InChI is InChI=1S/C20H25N3O4S/c1-22(28(2,25)26)19-6-4-3-5-18(19)20(24)21-15-16-7-9-17(10-8-16)23-11-13-27-14-12-23/h3-10H,11-15H2,1-2H3,(H,21,24). The molecule has 2 aromatic rings. The van der Waals surface area contributed by atoms with Gasteiger partial charge in [0.2, 0.25) is 10.0 Å². The second kappa shape index (κ2) is 8.62. The molecular weight excluding hydrogens is 378 g/mol. The van der Waals surface area contributed by atoms with Crippen molar-refractivity contribution < 1.29 is 17.9 Å². The molecule has 3 rings (SSSR count). The van der Waals surface area contributed by atoms with Gasteiger partial charge in [-0.2, -0.15) is 0 Å². The summed E-state index contributed by atoms with van der Waals surface area (Å²) in [7, 11) is -2.02. The van der Waals surface area contributed by atoms with Crippen LogP contribution in [0, 0.1) is 0 Å². The Kier molecular flexibility index (Phi) is 6.21. The van der Waals surface area contributed by atoms with E-state index in [0.29, 0.717) is 17.8 Å². The van der Waals surface area contributed by atoms with Crippen LogP contribution in [0.4, 0.5) is 11.4 Å². The van der Waals surface area contributed by atoms with E-state index >= 15 is 0 Å². The Morgan fingerprint density at radius 3 is 2.39 bits per heavy atom. The topological polar surface area (TPSA) is 79.0 Å². The highest BCUT2D eigenvalue weighted by Gasteiger charge is 2.19. The Morgan fingerprint density at radius 1 is 1.11 bits per heavy atom. The Bertz CT molecular complexity index is 923. The number of hydrogen-bond acceptors (Lipinski definition) is 5. The molecule has 1 heterocycles. The highest BCUT2D eigenvalue weighted by Crippen LogP contribution is 2.21. The monoisotopic (exact) mass is 403 g/mol. The van der Waals surface area contributed by atoms with E-state index in [9.17, 15) is 13.2 Å². The fourth-order valence-electron chi connectivity index (χ4n) is 3.04. The minimum atomic E-state index is -3.45. The average Bonchev–Trinajstić information content (AvgIpc) is 2.72. The van der Waals surface area contributed by atoms with Crippen LogP contribution in [-0.2, 0) is 21.3 Å². The number of sulfonamides is 1. The van der Waals surface area contributed by atoms with Crippen LogP contribution in [0.1, 0.15) is 15.9 Å². The van der Waals surface area contributed by atoms with Gasteiger partial charge in [-0.3, -0.25) is 9.10 Å². The number of nitrogens with zero attached hydrogens (tertiary/aromatic N) is 2. The number of hydrogen-bond donors (Lipinski definition) is 1. The van der Waals surface area contributed by atoms with Gasteiger partial charge in [-0.25, -0.2) is 8.42 Å². The van der Waals surface area contributed by atoms with Gasteiger partial charge in [-0.05, 0) is 29.8 Å². The lowest BCUT2D eigenvalue weighted by Gasteiger charge is -2.28. The third kappa shape index (κ3) is 4.82. The number of amides is 1. The molecule has 0 radical (unpaired) electrons. The lowest BCUT2D eigenvalue weighted by atomic mass is 10.1. The number of para-hydroxylation sites is 1. The van der Waals surface area contributed by atoms with E-state index in [4.69, 9.17) is 4.74 Å². The number of rotatable bonds is 6. The molecule has 150 valence electrons. The molecule has 7 nitrogen and oxygen atoms in total. The van der Waals surface area contributed by atoms with Gasteiger partial charge in [0, 0.05) is 32.4 Å². The molecule has 1 saturated heterocycles. The predicted octanol–water partition coefficient (Wildman–Crippen LogP) is 1.85. The summed E-state index contributed by atoms with van der Waals surface area (Å²) in [5.41, 5.74) is 2.78. The molecule has 0 saturated carbocycles. The lowest BCUT2D eigenvalue weighted by molar-refractivity contribution is 0.0951. The fourth-order valence-corrected chi connectivity index (χ4v) is 3.56. The van der Waals surface area contributed by atoms with Crippen molar-refractivity contribution in [3.63, 3.8) is 0 Å². The van der Waals surface area contributed by atoms with Crippen molar-refractivity contribution in [1.29, 1.82) is 0 Å². The maximum absolute atomic E-state index is 12.6. The Balaban J connectivity index is 1.66. The molecular formula is C20H25N3O4S. The van der Waals surface area contributed by atoms with E-state index in [1.807, 2.05) is 24.3 Å². The number of anilines is 2. The summed E-state index contributed by atoms with van der Waals surface area (Å²) in [6.45, 7) is 3.58. The second-order valence-corrected chi connectivity index (χ2v) is 8.71. The molecule has 2 aromatic carbocycles. The molecule has 0 spiro atoms. The van der Waals surface area contributed by atoms with Crippen LogP contribution in [0.15, 0.2) is 48.5 Å². The van der Waals surface area contributed by atoms with Gasteiger partial charge in [-0.15, -0.1) is 0 Å². The van der Waals surface area contributed by atoms with Gasteiger partial charge in [0.05, 0.1) is 30.7 Å². The molecule has 1 aliphatic rings. The quantitative estimate of drug-likeness (QED) is 0.796. The molecule has 1 N–H and O–H groups in total. The van der Waals surface area contributed by atoms with Crippen LogP contribution < -0.4 is 14.5 Å². The number of benzene rings is 2. The van der Waals surface area contributed by atoms with E-state index in [2.05, 4.69) is 10.2 Å². The van der Waals surface area contributed by atoms with Gasteiger partial charge >= 0.3 is 0 Å². The van der Waals surface area contributed by atoms with E-state index in [1.165, 1.54) is 7.05 Å². The van der Waals surface area contributed by atoms with E-state index in [-0.39, 0.29) is 5.91 Å². The zero-order valence-corrected chi connectivity index (χ0v) is 16.9. The van der Waals surface area contributed by atoms with Crippen molar-refractivity contribution in [3.8, 4) is 0 Å². The Hall–Kier alpha value is -2.58. The number of morpholine rings is 1. The first-order chi connectivity index (χ1) is 13.4. The van der Waals surface area contributed by atoms with Crippen molar-refractivity contribution >= 4 is 27.3 Å². The minimum absolute atomic E-state index is 0.316. The fraction of sp³-hybridized carbons (Fsp3) is 0.350. The first-order valence-corrected chi connectivity index (χ1v) is 10.9. The molecule has 8 heteroatoms. The molecule has 0 unspecified atom stereocenters. The van der Waals surface area contributed by atoms with E-state index < -0.39 is 10.0 Å².